The monoisotopic (exact) mass is 297 g/mol. The molecule has 0 unspecified atom stereocenters. The number of hydrogen-bond acceptors (Lipinski definition) is 4. The minimum absolute atomic E-state index is 0.113. The fraction of sp³-hybridized carbons (Fsp3) is 0. The third-order valence-electron chi connectivity index (χ3n) is 1.36. The first kappa shape index (κ1) is 12.1. The normalized spacial score (nSPS) is 11.1. The zero-order valence-corrected chi connectivity index (χ0v) is 9.51. The molecule has 0 aliphatic rings. The quantitative estimate of drug-likeness (QED) is 0.500. The van der Waals surface area contributed by atoms with Gasteiger partial charge in [0.1, 0.15) is 4.47 Å². The van der Waals surface area contributed by atoms with Gasteiger partial charge in [-0.05, 0) is 22.0 Å². The third kappa shape index (κ3) is 3.28. The second kappa shape index (κ2) is 4.28. The molecule has 82 valence electrons. The maximum atomic E-state index is 10.5. The minimum Gasteiger partial charge on any atom is -0.403 e. The highest BCUT2D eigenvalue weighted by Gasteiger charge is 2.22. The highest BCUT2D eigenvalue weighted by Crippen LogP contribution is 2.43. The van der Waals surface area contributed by atoms with Gasteiger partial charge in [0.2, 0.25) is 0 Å². The van der Waals surface area contributed by atoms with Gasteiger partial charge in [0.25, 0.3) is 5.69 Å². The molecule has 15 heavy (non-hydrogen) atoms. The Bertz CT molecular complexity index is 443. The number of benzene rings is 1. The Morgan fingerprint density at radius 2 is 2.07 bits per heavy atom. The van der Waals surface area contributed by atoms with Gasteiger partial charge in [0, 0.05) is 6.07 Å². The summed E-state index contributed by atoms with van der Waals surface area (Å²) in [5.74, 6) is -0.280. The van der Waals surface area contributed by atoms with E-state index in [1.165, 1.54) is 18.2 Å². The summed E-state index contributed by atoms with van der Waals surface area (Å²) in [6, 6.07) is 3.64. The van der Waals surface area contributed by atoms with Crippen LogP contribution in [-0.4, -0.2) is 14.7 Å². The molecule has 0 heterocycles. The van der Waals surface area contributed by atoms with Crippen LogP contribution < -0.4 is 4.52 Å². The lowest BCUT2D eigenvalue weighted by atomic mass is 10.3. The molecule has 0 saturated heterocycles. The number of phosphoric ester groups is 1. The Morgan fingerprint density at radius 3 is 2.53 bits per heavy atom. The summed E-state index contributed by atoms with van der Waals surface area (Å²) >= 11 is 2.82. The zero-order valence-electron chi connectivity index (χ0n) is 7.03. The van der Waals surface area contributed by atoms with Gasteiger partial charge in [-0.1, -0.05) is 6.07 Å². The lowest BCUT2D eigenvalue weighted by molar-refractivity contribution is -0.385. The number of nitro groups is 1. The molecule has 7 nitrogen and oxygen atoms in total. The van der Waals surface area contributed by atoms with Crippen LogP contribution in [0.2, 0.25) is 0 Å². The number of nitro benzene ring substituents is 1. The van der Waals surface area contributed by atoms with Crippen LogP contribution in [-0.2, 0) is 4.57 Å². The molecule has 0 radical (unpaired) electrons. The van der Waals surface area contributed by atoms with Crippen molar-refractivity contribution >= 4 is 29.4 Å². The van der Waals surface area contributed by atoms with Crippen molar-refractivity contribution in [1.29, 1.82) is 0 Å². The van der Waals surface area contributed by atoms with Crippen LogP contribution in [0.25, 0.3) is 0 Å². The Kier molecular flexibility index (Phi) is 3.46. The average Bonchev–Trinajstić information content (AvgIpc) is 2.05. The zero-order chi connectivity index (χ0) is 11.6. The van der Waals surface area contributed by atoms with E-state index >= 15 is 0 Å². The SMILES string of the molecule is O=[N+]([O-])c1cccc(OP(=O)(O)O)c1Br. The van der Waals surface area contributed by atoms with Gasteiger partial charge in [-0.2, -0.15) is 0 Å². The van der Waals surface area contributed by atoms with E-state index in [4.69, 9.17) is 9.79 Å². The fourth-order valence-corrected chi connectivity index (χ4v) is 1.86. The maximum Gasteiger partial charge on any atom is 0.524 e. The molecule has 0 amide bonds. The molecule has 9 heteroatoms. The molecule has 1 aromatic carbocycles. The largest absolute Gasteiger partial charge is 0.524 e. The highest BCUT2D eigenvalue weighted by atomic mass is 79.9. The van der Waals surface area contributed by atoms with Crippen molar-refractivity contribution in [2.75, 3.05) is 0 Å². The minimum atomic E-state index is -4.72. The molecule has 1 aromatic rings. The summed E-state index contributed by atoms with van der Waals surface area (Å²) in [6.45, 7) is 0. The van der Waals surface area contributed by atoms with E-state index in [0.717, 1.165) is 0 Å². The predicted molar refractivity (Wildman–Crippen MR) is 53.5 cm³/mol. The third-order valence-corrected chi connectivity index (χ3v) is 2.59. The van der Waals surface area contributed by atoms with Gasteiger partial charge in [0.05, 0.1) is 4.92 Å². The van der Waals surface area contributed by atoms with Crippen LogP contribution in [0.1, 0.15) is 0 Å². The Labute approximate surface area is 92.2 Å². The molecule has 0 bridgehead atoms. The molecule has 0 atom stereocenters. The number of rotatable bonds is 3. The lowest BCUT2D eigenvalue weighted by Gasteiger charge is -2.07. The first-order valence-electron chi connectivity index (χ1n) is 3.49. The van der Waals surface area contributed by atoms with Gasteiger partial charge >= 0.3 is 7.82 Å². The van der Waals surface area contributed by atoms with Crippen LogP contribution in [0.3, 0.4) is 0 Å². The first-order valence-corrected chi connectivity index (χ1v) is 5.81. The van der Waals surface area contributed by atoms with Gasteiger partial charge in [-0.15, -0.1) is 0 Å². The van der Waals surface area contributed by atoms with Crippen molar-refractivity contribution in [2.24, 2.45) is 0 Å². The van der Waals surface area contributed by atoms with Gasteiger partial charge in [-0.3, -0.25) is 19.9 Å². The van der Waals surface area contributed by atoms with Crippen molar-refractivity contribution in [3.8, 4) is 5.75 Å². The summed E-state index contributed by atoms with van der Waals surface area (Å²) < 4.78 is 14.6. The Hall–Kier alpha value is -0.950. The van der Waals surface area contributed by atoms with E-state index < -0.39 is 12.7 Å². The van der Waals surface area contributed by atoms with E-state index in [9.17, 15) is 14.7 Å². The van der Waals surface area contributed by atoms with Crippen LogP contribution >= 0.6 is 23.8 Å². The number of hydrogen-bond donors (Lipinski definition) is 2. The molecule has 0 aliphatic heterocycles. The first-order chi connectivity index (χ1) is 6.81. The maximum absolute atomic E-state index is 10.5. The van der Waals surface area contributed by atoms with Crippen LogP contribution in [0.4, 0.5) is 5.69 Å². The predicted octanol–water partition coefficient (Wildman–Crippen LogP) is 1.83. The topological polar surface area (TPSA) is 110 Å². The van der Waals surface area contributed by atoms with E-state index in [0.29, 0.717) is 0 Å². The van der Waals surface area contributed by atoms with E-state index in [1.807, 2.05) is 0 Å². The number of phosphoric acid groups is 1. The molecular formula is C6H5BrNO6P. The molecule has 0 aliphatic carbocycles. The summed E-state index contributed by atoms with van der Waals surface area (Å²) in [4.78, 5) is 26.8. The fourth-order valence-electron chi connectivity index (χ4n) is 0.839. The lowest BCUT2D eigenvalue weighted by Crippen LogP contribution is -1.94. The molecular weight excluding hydrogens is 293 g/mol. The average molecular weight is 298 g/mol. The number of halogens is 1. The molecule has 0 saturated carbocycles. The van der Waals surface area contributed by atoms with Crippen molar-refractivity contribution in [3.05, 3.63) is 32.8 Å². The van der Waals surface area contributed by atoms with E-state index in [-0.39, 0.29) is 15.9 Å². The second-order valence-corrected chi connectivity index (χ2v) is 4.38. The number of nitrogens with zero attached hydrogens (tertiary/aromatic N) is 1. The highest BCUT2D eigenvalue weighted by molar-refractivity contribution is 9.10. The van der Waals surface area contributed by atoms with E-state index in [1.54, 1.807) is 0 Å². The van der Waals surface area contributed by atoms with Crippen LogP contribution in [0.15, 0.2) is 22.7 Å². The molecule has 1 rings (SSSR count). The second-order valence-electron chi connectivity index (χ2n) is 2.43. The van der Waals surface area contributed by atoms with Crippen LogP contribution in [0, 0.1) is 10.1 Å². The summed E-state index contributed by atoms with van der Waals surface area (Å²) in [6.07, 6.45) is 0. The Balaban J connectivity index is 3.16. The van der Waals surface area contributed by atoms with Gasteiger partial charge in [-0.25, -0.2) is 4.57 Å². The van der Waals surface area contributed by atoms with E-state index in [2.05, 4.69) is 20.5 Å². The van der Waals surface area contributed by atoms with Crippen molar-refractivity contribution in [2.45, 2.75) is 0 Å². The van der Waals surface area contributed by atoms with Crippen molar-refractivity contribution in [1.82, 2.24) is 0 Å². The summed E-state index contributed by atoms with van der Waals surface area (Å²) in [7, 11) is -4.72. The van der Waals surface area contributed by atoms with Gasteiger partial charge < -0.3 is 4.52 Å². The van der Waals surface area contributed by atoms with Crippen molar-refractivity contribution in [3.63, 3.8) is 0 Å². The van der Waals surface area contributed by atoms with Crippen LogP contribution in [0.5, 0.6) is 5.75 Å². The molecule has 0 aromatic heterocycles. The molecule has 2 N–H and O–H groups in total. The van der Waals surface area contributed by atoms with Gasteiger partial charge in [0.15, 0.2) is 5.75 Å². The smallest absolute Gasteiger partial charge is 0.403 e. The standard InChI is InChI=1S/C6H5BrNO6P/c7-6-4(8(9)10)2-1-3-5(6)14-15(11,12)13/h1-3H,(H2,11,12,13). The van der Waals surface area contributed by atoms with Crippen molar-refractivity contribution < 1.29 is 23.8 Å². The summed E-state index contributed by atoms with van der Waals surface area (Å²) in [5.41, 5.74) is -0.332. The Morgan fingerprint density at radius 1 is 1.47 bits per heavy atom. The summed E-state index contributed by atoms with van der Waals surface area (Å²) in [5, 5.41) is 10.5. The molecule has 0 fully saturated rings. The molecule has 0 spiro atoms.